The lowest BCUT2D eigenvalue weighted by Crippen LogP contribution is -2.60. The number of furan rings is 1. The Hall–Kier alpha value is -4.25. The average molecular weight is 533 g/mol. The van der Waals surface area contributed by atoms with E-state index in [1.165, 1.54) is 30.8 Å². The Kier molecular flexibility index (Phi) is 7.10. The van der Waals surface area contributed by atoms with Crippen molar-refractivity contribution in [3.05, 3.63) is 86.9 Å². The summed E-state index contributed by atoms with van der Waals surface area (Å²) < 4.78 is 7.77. The van der Waals surface area contributed by atoms with Crippen LogP contribution in [0.15, 0.2) is 75.0 Å². The molecule has 2 aromatic heterocycles. The third-order valence-corrected chi connectivity index (χ3v) is 7.28. The summed E-state index contributed by atoms with van der Waals surface area (Å²) in [6, 6.07) is 16.7. The summed E-state index contributed by atoms with van der Waals surface area (Å²) >= 11 is 1.46. The molecule has 3 heterocycles. The standard InChI is InChI=1S/C27H25N5O5S/c1-3-4-7-16-38-27-28-25(34)24-20-8-5-6-9-21(20)30(17(2)33)26(31(24)29-27)23-15-14-22(37-23)18-10-12-19(13-11-18)32(35)36/h5-6,8-15,26H,3-4,7,16H2,1-2H3/p+1/t26-/m0/s1. The zero-order valence-corrected chi connectivity index (χ0v) is 21.7. The topological polar surface area (TPSA) is 126 Å². The number of hydrogen-bond acceptors (Lipinski definition) is 7. The van der Waals surface area contributed by atoms with Crippen LogP contribution in [0.4, 0.5) is 11.4 Å². The van der Waals surface area contributed by atoms with E-state index in [0.717, 1.165) is 25.0 Å². The highest BCUT2D eigenvalue weighted by Crippen LogP contribution is 2.38. The molecule has 1 atom stereocenters. The number of para-hydroxylation sites is 1. The summed E-state index contributed by atoms with van der Waals surface area (Å²) in [6.45, 7) is 3.59. The number of thioether (sulfide) groups is 1. The lowest BCUT2D eigenvalue weighted by Gasteiger charge is -2.30. The number of nitro benzene ring substituents is 1. The van der Waals surface area contributed by atoms with E-state index >= 15 is 0 Å². The van der Waals surface area contributed by atoms with E-state index in [0.29, 0.717) is 39.2 Å². The van der Waals surface area contributed by atoms with E-state index in [2.05, 4.69) is 11.9 Å². The second kappa shape index (κ2) is 10.6. The van der Waals surface area contributed by atoms with Crippen LogP contribution in [0.3, 0.4) is 0 Å². The van der Waals surface area contributed by atoms with E-state index in [1.807, 2.05) is 12.1 Å². The number of non-ortho nitro benzene ring substituents is 1. The molecule has 4 aromatic rings. The predicted molar refractivity (Wildman–Crippen MR) is 143 cm³/mol. The Morgan fingerprint density at radius 3 is 2.63 bits per heavy atom. The van der Waals surface area contributed by atoms with Gasteiger partial charge in [0.25, 0.3) is 5.69 Å². The molecule has 194 valence electrons. The van der Waals surface area contributed by atoms with Gasteiger partial charge < -0.3 is 4.42 Å². The van der Waals surface area contributed by atoms with Crippen molar-refractivity contribution in [2.75, 3.05) is 10.7 Å². The number of aromatic nitrogens is 3. The van der Waals surface area contributed by atoms with E-state index in [-0.39, 0.29) is 17.2 Å². The van der Waals surface area contributed by atoms with Crippen molar-refractivity contribution in [3.8, 4) is 22.6 Å². The number of anilines is 1. The van der Waals surface area contributed by atoms with Crippen LogP contribution in [0.2, 0.25) is 0 Å². The van der Waals surface area contributed by atoms with Crippen LogP contribution in [0.1, 0.15) is 45.0 Å². The molecule has 10 nitrogen and oxygen atoms in total. The molecule has 0 unspecified atom stereocenters. The van der Waals surface area contributed by atoms with Crippen molar-refractivity contribution in [3.63, 3.8) is 0 Å². The third kappa shape index (κ3) is 4.72. The van der Waals surface area contributed by atoms with Gasteiger partial charge in [-0.25, -0.2) is 4.90 Å². The lowest BCUT2D eigenvalue weighted by atomic mass is 10.0. The summed E-state index contributed by atoms with van der Waals surface area (Å²) in [7, 11) is 0. The quantitative estimate of drug-likeness (QED) is 0.110. The van der Waals surface area contributed by atoms with Crippen LogP contribution in [-0.4, -0.2) is 26.7 Å². The number of nitrogens with one attached hydrogen (secondary N) is 1. The molecule has 0 radical (unpaired) electrons. The van der Waals surface area contributed by atoms with Gasteiger partial charge in [-0.2, -0.15) is 0 Å². The molecule has 0 saturated heterocycles. The SMILES string of the molecule is CCCCCSc1n[n+]2c(c(=O)[nH]1)-c1ccccc1N(C(C)=O)[C@@H]2c1ccc(-c2ccc([N+](=O)[O-])cc2)o1. The Bertz CT molecular complexity index is 1560. The molecule has 5 rings (SSSR count). The van der Waals surface area contributed by atoms with E-state index in [1.54, 1.807) is 46.0 Å². The van der Waals surface area contributed by atoms with Crippen molar-refractivity contribution in [1.29, 1.82) is 0 Å². The Balaban J connectivity index is 1.63. The Morgan fingerprint density at radius 1 is 1.16 bits per heavy atom. The summed E-state index contributed by atoms with van der Waals surface area (Å²) in [5.74, 6) is 1.43. The van der Waals surface area contributed by atoms with Gasteiger partial charge in [0.1, 0.15) is 5.76 Å². The van der Waals surface area contributed by atoms with Crippen LogP contribution in [0, 0.1) is 10.1 Å². The van der Waals surface area contributed by atoms with Crippen LogP contribution in [-0.2, 0) is 4.79 Å². The van der Waals surface area contributed by atoms with Gasteiger partial charge in [-0.05, 0) is 47.5 Å². The molecule has 2 aromatic carbocycles. The first kappa shape index (κ1) is 25.4. The smallest absolute Gasteiger partial charge is 0.325 e. The number of amides is 1. The molecule has 38 heavy (non-hydrogen) atoms. The second-order valence-corrected chi connectivity index (χ2v) is 9.98. The monoisotopic (exact) mass is 532 g/mol. The number of fused-ring (bicyclic) bond motifs is 3. The summed E-state index contributed by atoms with van der Waals surface area (Å²) in [5.41, 5.74) is 1.81. The number of unbranched alkanes of at least 4 members (excludes halogenated alkanes) is 2. The number of nitro groups is 1. The molecule has 1 N–H and O–H groups in total. The van der Waals surface area contributed by atoms with Gasteiger partial charge in [0.05, 0.1) is 16.2 Å². The van der Waals surface area contributed by atoms with Gasteiger partial charge in [0, 0.05) is 35.5 Å². The average Bonchev–Trinajstić information content (AvgIpc) is 3.40. The normalized spacial score (nSPS) is 14.2. The molecule has 1 aliphatic heterocycles. The first-order valence-electron chi connectivity index (χ1n) is 12.3. The molecule has 1 aliphatic rings. The van der Waals surface area contributed by atoms with Gasteiger partial charge in [-0.3, -0.25) is 24.7 Å². The molecule has 11 heteroatoms. The maximum atomic E-state index is 13.4. The van der Waals surface area contributed by atoms with Gasteiger partial charge in [-0.1, -0.05) is 43.7 Å². The molecule has 0 spiro atoms. The number of H-pyrrole nitrogens is 1. The third-order valence-electron chi connectivity index (χ3n) is 6.33. The maximum absolute atomic E-state index is 13.4. The predicted octanol–water partition coefficient (Wildman–Crippen LogP) is 5.09. The molecule has 0 saturated carbocycles. The zero-order chi connectivity index (χ0) is 26.8. The molecule has 1 amide bonds. The van der Waals surface area contributed by atoms with Gasteiger partial charge in [0.15, 0.2) is 5.76 Å². The van der Waals surface area contributed by atoms with Gasteiger partial charge in [0.2, 0.25) is 11.1 Å². The second-order valence-electron chi connectivity index (χ2n) is 8.89. The minimum absolute atomic E-state index is 0.0240. The summed E-state index contributed by atoms with van der Waals surface area (Å²) in [5, 5.41) is 16.3. The van der Waals surface area contributed by atoms with Crippen molar-refractivity contribution in [1.82, 2.24) is 10.1 Å². The number of carbonyl (C=O) groups is 1. The fourth-order valence-corrected chi connectivity index (χ4v) is 5.40. The summed E-state index contributed by atoms with van der Waals surface area (Å²) in [6.07, 6.45) is 2.32. The van der Waals surface area contributed by atoms with Crippen LogP contribution >= 0.6 is 11.8 Å². The Morgan fingerprint density at radius 2 is 1.92 bits per heavy atom. The zero-order valence-electron chi connectivity index (χ0n) is 20.9. The van der Waals surface area contributed by atoms with E-state index in [9.17, 15) is 19.7 Å². The lowest BCUT2D eigenvalue weighted by molar-refractivity contribution is -0.764. The Labute approximate surface area is 222 Å². The van der Waals surface area contributed by atoms with Crippen molar-refractivity contribution in [2.45, 2.75) is 44.4 Å². The molecular weight excluding hydrogens is 506 g/mol. The first-order chi connectivity index (χ1) is 18.4. The highest BCUT2D eigenvalue weighted by Gasteiger charge is 2.46. The van der Waals surface area contributed by atoms with Crippen LogP contribution in [0.5, 0.6) is 0 Å². The number of benzene rings is 2. The van der Waals surface area contributed by atoms with Crippen molar-refractivity contribution >= 4 is 29.0 Å². The number of hydrogen-bond donors (Lipinski definition) is 1. The highest BCUT2D eigenvalue weighted by molar-refractivity contribution is 7.99. The van der Waals surface area contributed by atoms with E-state index in [4.69, 9.17) is 9.52 Å². The van der Waals surface area contributed by atoms with E-state index < -0.39 is 11.1 Å². The number of aromatic amines is 1. The van der Waals surface area contributed by atoms with Gasteiger partial charge >= 0.3 is 17.4 Å². The van der Waals surface area contributed by atoms with Crippen molar-refractivity contribution in [2.24, 2.45) is 0 Å². The molecule has 0 bridgehead atoms. The largest absolute Gasteiger partial charge is 0.452 e. The van der Waals surface area contributed by atoms with Gasteiger partial charge in [-0.15, -0.1) is 0 Å². The number of nitrogens with zero attached hydrogens (tertiary/aromatic N) is 4. The molecule has 0 aliphatic carbocycles. The highest BCUT2D eigenvalue weighted by atomic mass is 32.2. The maximum Gasteiger partial charge on any atom is 0.325 e. The first-order valence-corrected chi connectivity index (χ1v) is 13.3. The minimum Gasteiger partial charge on any atom is -0.452 e. The van der Waals surface area contributed by atoms with Crippen molar-refractivity contribution < 1.29 is 18.8 Å². The van der Waals surface area contributed by atoms with Crippen LogP contribution < -0.4 is 15.1 Å². The van der Waals surface area contributed by atoms with Crippen LogP contribution in [0.25, 0.3) is 22.6 Å². The minimum atomic E-state index is -0.846. The number of carbonyl (C=O) groups excluding carboxylic acids is 1. The molecular formula is C27H26N5O5S+. The fourth-order valence-electron chi connectivity index (χ4n) is 4.55. The fraction of sp³-hybridized carbons (Fsp3) is 0.259. The number of rotatable bonds is 8. The summed E-state index contributed by atoms with van der Waals surface area (Å²) in [4.78, 5) is 41.5. The molecule has 0 fully saturated rings.